The highest BCUT2D eigenvalue weighted by Gasteiger charge is 2.50. The van der Waals surface area contributed by atoms with Crippen LogP contribution in [0.1, 0.15) is 50.3 Å². The summed E-state index contributed by atoms with van der Waals surface area (Å²) in [5.41, 5.74) is 3.84. The van der Waals surface area contributed by atoms with E-state index >= 15 is 0 Å². The van der Waals surface area contributed by atoms with Gasteiger partial charge in [-0.15, -0.1) is 0 Å². The van der Waals surface area contributed by atoms with E-state index in [4.69, 9.17) is 4.74 Å². The molecule has 2 aromatic rings. The lowest BCUT2D eigenvalue weighted by Gasteiger charge is -2.39. The van der Waals surface area contributed by atoms with E-state index in [1.165, 1.54) is 21.7 Å². The maximum Gasteiger partial charge on any atom is 0.329 e. The average molecular weight is 454 g/mol. The summed E-state index contributed by atoms with van der Waals surface area (Å²) >= 11 is 1.82. The van der Waals surface area contributed by atoms with Crippen molar-refractivity contribution in [2.45, 2.75) is 55.0 Å². The fourth-order valence-corrected chi connectivity index (χ4v) is 5.67. The highest BCUT2D eigenvalue weighted by Crippen LogP contribution is 2.46. The Morgan fingerprint density at radius 2 is 1.97 bits per heavy atom. The zero-order valence-corrected chi connectivity index (χ0v) is 19.5. The quantitative estimate of drug-likeness (QED) is 0.538. The maximum absolute atomic E-state index is 11.6. The Kier molecular flexibility index (Phi) is 5.60. The van der Waals surface area contributed by atoms with Gasteiger partial charge in [0.05, 0.1) is 19.3 Å². The monoisotopic (exact) mass is 453 g/mol. The standard InChI is InChI=1S/C25H31N3O3S/c1-24(2)16-22(17-4-3-5-18(14-17)27-25(8-9-25)23(29)30)26-21-7-6-19(15-20(21)24)32-28-10-12-31-13-11-28/h3-7,14-15,22,26-27H,8-13,16H2,1-2H3,(H,29,30). The van der Waals surface area contributed by atoms with Crippen molar-refractivity contribution in [1.29, 1.82) is 0 Å². The second kappa shape index (κ2) is 8.28. The molecule has 170 valence electrons. The molecule has 1 saturated heterocycles. The number of ether oxygens (including phenoxy) is 1. The predicted octanol–water partition coefficient (Wildman–Crippen LogP) is 4.89. The number of benzene rings is 2. The third kappa shape index (κ3) is 4.34. The third-order valence-electron chi connectivity index (χ3n) is 6.80. The zero-order valence-electron chi connectivity index (χ0n) is 18.7. The van der Waals surface area contributed by atoms with Crippen LogP contribution in [-0.4, -0.2) is 47.2 Å². The molecule has 3 N–H and O–H groups in total. The van der Waals surface area contributed by atoms with Crippen LogP contribution in [0, 0.1) is 0 Å². The normalized spacial score (nSPS) is 23.6. The van der Waals surface area contributed by atoms with Crippen LogP contribution in [0.2, 0.25) is 0 Å². The van der Waals surface area contributed by atoms with Gasteiger partial charge in [-0.05, 0) is 78.1 Å². The molecule has 1 atom stereocenters. The molecule has 0 radical (unpaired) electrons. The van der Waals surface area contributed by atoms with Crippen LogP contribution in [0.4, 0.5) is 11.4 Å². The lowest BCUT2D eigenvalue weighted by Crippen LogP contribution is -2.32. The van der Waals surface area contributed by atoms with Gasteiger partial charge in [0.25, 0.3) is 0 Å². The molecule has 1 unspecified atom stereocenters. The van der Waals surface area contributed by atoms with E-state index in [1.54, 1.807) is 0 Å². The van der Waals surface area contributed by atoms with E-state index in [0.29, 0.717) is 12.8 Å². The second-order valence-corrected chi connectivity index (χ2v) is 10.9. The van der Waals surface area contributed by atoms with Crippen LogP contribution >= 0.6 is 11.9 Å². The number of anilines is 2. The molecular weight excluding hydrogens is 422 g/mol. The molecule has 0 aromatic heterocycles. The summed E-state index contributed by atoms with van der Waals surface area (Å²) in [6, 6.07) is 15.1. The van der Waals surface area contributed by atoms with Gasteiger partial charge in [-0.2, -0.15) is 0 Å². The Morgan fingerprint density at radius 1 is 1.19 bits per heavy atom. The van der Waals surface area contributed by atoms with Crippen molar-refractivity contribution in [2.75, 3.05) is 36.9 Å². The summed E-state index contributed by atoms with van der Waals surface area (Å²) < 4.78 is 7.84. The summed E-state index contributed by atoms with van der Waals surface area (Å²) in [5, 5.41) is 16.5. The smallest absolute Gasteiger partial charge is 0.329 e. The van der Waals surface area contributed by atoms with Crippen molar-refractivity contribution >= 4 is 29.3 Å². The molecule has 1 saturated carbocycles. The molecule has 6 nitrogen and oxygen atoms in total. The van der Waals surface area contributed by atoms with Crippen LogP contribution in [0.15, 0.2) is 47.4 Å². The molecule has 32 heavy (non-hydrogen) atoms. The predicted molar refractivity (Wildman–Crippen MR) is 128 cm³/mol. The first kappa shape index (κ1) is 21.6. The van der Waals surface area contributed by atoms with E-state index in [1.807, 2.05) is 24.1 Å². The molecule has 0 amide bonds. The van der Waals surface area contributed by atoms with Gasteiger partial charge >= 0.3 is 5.97 Å². The van der Waals surface area contributed by atoms with Crippen molar-refractivity contribution in [1.82, 2.24) is 4.31 Å². The first-order chi connectivity index (χ1) is 15.3. The summed E-state index contributed by atoms with van der Waals surface area (Å²) in [6.45, 7) is 8.14. The first-order valence-electron chi connectivity index (χ1n) is 11.4. The molecule has 3 aliphatic rings. The molecule has 2 aromatic carbocycles. The molecule has 5 rings (SSSR count). The molecule has 2 aliphatic heterocycles. The van der Waals surface area contributed by atoms with Crippen molar-refractivity contribution < 1.29 is 14.6 Å². The number of nitrogens with one attached hydrogen (secondary N) is 2. The number of morpholine rings is 1. The Balaban J connectivity index is 1.35. The SMILES string of the molecule is CC1(C)CC(c2cccc(NC3(C(=O)O)CC3)c2)Nc2ccc(SN3CCOCC3)cc21. The largest absolute Gasteiger partial charge is 0.480 e. The van der Waals surface area contributed by atoms with Gasteiger partial charge in [-0.1, -0.05) is 26.0 Å². The summed E-state index contributed by atoms with van der Waals surface area (Å²) in [6.07, 6.45) is 2.33. The number of nitrogens with zero attached hydrogens (tertiary/aromatic N) is 1. The van der Waals surface area contributed by atoms with Crippen LogP contribution in [0.25, 0.3) is 0 Å². The van der Waals surface area contributed by atoms with Crippen molar-refractivity contribution in [3.63, 3.8) is 0 Å². The first-order valence-corrected chi connectivity index (χ1v) is 12.2. The molecule has 1 aliphatic carbocycles. The Hall–Kier alpha value is -2.22. The van der Waals surface area contributed by atoms with E-state index < -0.39 is 11.5 Å². The number of carboxylic acid groups (broad SMARTS) is 1. The Bertz CT molecular complexity index is 1020. The summed E-state index contributed by atoms with van der Waals surface area (Å²) in [4.78, 5) is 12.8. The van der Waals surface area contributed by atoms with Gasteiger partial charge < -0.3 is 20.5 Å². The number of aliphatic carboxylic acids is 1. The minimum atomic E-state index is -0.779. The fourth-order valence-electron chi connectivity index (χ4n) is 4.74. The number of fused-ring (bicyclic) bond motifs is 1. The zero-order chi connectivity index (χ0) is 22.3. The lowest BCUT2D eigenvalue weighted by atomic mass is 9.74. The number of hydrogen-bond acceptors (Lipinski definition) is 6. The van der Waals surface area contributed by atoms with E-state index in [-0.39, 0.29) is 11.5 Å². The Morgan fingerprint density at radius 3 is 2.69 bits per heavy atom. The fraction of sp³-hybridized carbons (Fsp3) is 0.480. The van der Waals surface area contributed by atoms with Gasteiger partial charge in [-0.25, -0.2) is 9.10 Å². The molecule has 0 spiro atoms. The highest BCUT2D eigenvalue weighted by molar-refractivity contribution is 7.97. The number of carboxylic acids is 1. The van der Waals surface area contributed by atoms with Crippen molar-refractivity contribution in [2.24, 2.45) is 0 Å². The lowest BCUT2D eigenvalue weighted by molar-refractivity contribution is -0.138. The van der Waals surface area contributed by atoms with Crippen molar-refractivity contribution in [3.8, 4) is 0 Å². The molecule has 0 bridgehead atoms. The number of hydrogen-bond donors (Lipinski definition) is 3. The Labute approximate surface area is 193 Å². The topological polar surface area (TPSA) is 73.8 Å². The van der Waals surface area contributed by atoms with Crippen molar-refractivity contribution in [3.05, 3.63) is 53.6 Å². The van der Waals surface area contributed by atoms with Gasteiger partial charge in [0, 0.05) is 29.4 Å². The molecular formula is C25H31N3O3S. The van der Waals surface area contributed by atoms with E-state index in [0.717, 1.165) is 38.4 Å². The highest BCUT2D eigenvalue weighted by atomic mass is 32.2. The maximum atomic E-state index is 11.6. The minimum absolute atomic E-state index is 0.0229. The summed E-state index contributed by atoms with van der Waals surface area (Å²) in [5.74, 6) is -0.764. The van der Waals surface area contributed by atoms with E-state index in [2.05, 4.69) is 59.1 Å². The van der Waals surface area contributed by atoms with Gasteiger partial charge in [0.1, 0.15) is 5.54 Å². The van der Waals surface area contributed by atoms with Crippen LogP contribution in [-0.2, 0) is 14.9 Å². The van der Waals surface area contributed by atoms with Crippen LogP contribution < -0.4 is 10.6 Å². The third-order valence-corrected chi connectivity index (χ3v) is 7.89. The molecule has 7 heteroatoms. The number of rotatable bonds is 6. The molecule has 2 fully saturated rings. The summed E-state index contributed by atoms with van der Waals surface area (Å²) in [7, 11) is 0. The van der Waals surface area contributed by atoms with Crippen LogP contribution in [0.5, 0.6) is 0 Å². The second-order valence-electron chi connectivity index (χ2n) is 9.76. The number of carbonyl (C=O) groups is 1. The average Bonchev–Trinajstić information content (AvgIpc) is 3.55. The van der Waals surface area contributed by atoms with Crippen LogP contribution in [0.3, 0.4) is 0 Å². The van der Waals surface area contributed by atoms with Gasteiger partial charge in [0.2, 0.25) is 0 Å². The minimum Gasteiger partial charge on any atom is -0.480 e. The molecule has 2 heterocycles. The van der Waals surface area contributed by atoms with Gasteiger partial charge in [-0.3, -0.25) is 0 Å². The van der Waals surface area contributed by atoms with Gasteiger partial charge in [0.15, 0.2) is 0 Å². The van der Waals surface area contributed by atoms with E-state index in [9.17, 15) is 9.90 Å².